The van der Waals surface area contributed by atoms with Crippen molar-refractivity contribution in [2.45, 2.75) is 20.3 Å². The number of nitrogens with zero attached hydrogens (tertiary/aromatic N) is 4. The molecule has 1 aromatic carbocycles. The van der Waals surface area contributed by atoms with Gasteiger partial charge in [-0.15, -0.1) is 0 Å². The van der Waals surface area contributed by atoms with Gasteiger partial charge in [0.1, 0.15) is 5.75 Å². The summed E-state index contributed by atoms with van der Waals surface area (Å²) in [6.45, 7) is 4.35. The van der Waals surface area contributed by atoms with Crippen LogP contribution in [0.1, 0.15) is 23.1 Å². The number of ether oxygens (including phenoxy) is 1. The maximum Gasteiger partial charge on any atom is 0.350 e. The molecule has 1 aliphatic carbocycles. The van der Waals surface area contributed by atoms with Crippen molar-refractivity contribution >= 4 is 11.8 Å². The van der Waals surface area contributed by atoms with E-state index in [1.165, 1.54) is 0 Å². The summed E-state index contributed by atoms with van der Waals surface area (Å²) in [6, 6.07) is 9.62. The van der Waals surface area contributed by atoms with E-state index in [1.807, 2.05) is 39.1 Å². The number of nitrogens with two attached hydrogens (primary N) is 1. The molecule has 0 spiro atoms. The summed E-state index contributed by atoms with van der Waals surface area (Å²) in [5, 5.41) is 21.4. The molecule has 1 atom stereocenters. The van der Waals surface area contributed by atoms with Crippen LogP contribution in [0.25, 0.3) is 0 Å². The molecular weight excluding hydrogens is 364 g/mol. The smallest absolute Gasteiger partial charge is 0.350 e. The highest BCUT2D eigenvalue weighted by molar-refractivity contribution is 5.49. The first-order chi connectivity index (χ1) is 13.9. The molecule has 0 radical (unpaired) electrons. The number of hydrogen-bond acceptors (Lipinski definition) is 6. The van der Waals surface area contributed by atoms with Gasteiger partial charge in [-0.25, -0.2) is 4.57 Å². The maximum absolute atomic E-state index is 9.11. The molecule has 29 heavy (non-hydrogen) atoms. The summed E-state index contributed by atoms with van der Waals surface area (Å²) in [5.41, 5.74) is 9.53. The third-order valence-corrected chi connectivity index (χ3v) is 4.78. The number of hydrogen-bond donors (Lipinski definition) is 2. The van der Waals surface area contributed by atoms with Crippen molar-refractivity contribution < 1.29 is 9.30 Å². The van der Waals surface area contributed by atoms with Gasteiger partial charge in [0.15, 0.2) is 5.82 Å². The van der Waals surface area contributed by atoms with E-state index in [2.05, 4.69) is 22.4 Å². The molecule has 7 nitrogen and oxygen atoms in total. The van der Waals surface area contributed by atoms with Crippen molar-refractivity contribution in [2.24, 2.45) is 13.0 Å². The number of aryl methyl sites for hydroxylation is 2. The van der Waals surface area contributed by atoms with E-state index in [0.717, 1.165) is 16.7 Å². The van der Waals surface area contributed by atoms with Crippen LogP contribution in [0.15, 0.2) is 42.0 Å². The fourth-order valence-electron chi connectivity index (χ4n) is 3.12. The Morgan fingerprint density at radius 2 is 2.00 bits per heavy atom. The predicted octanol–water partition coefficient (Wildman–Crippen LogP) is 3.21. The van der Waals surface area contributed by atoms with Gasteiger partial charge in [-0.1, -0.05) is 23.2 Å². The Hall–Kier alpha value is -3.84. The van der Waals surface area contributed by atoms with Gasteiger partial charge in [0.2, 0.25) is 0 Å². The topological polar surface area (TPSA) is 112 Å². The van der Waals surface area contributed by atoms with Gasteiger partial charge >= 0.3 is 5.95 Å². The second kappa shape index (κ2) is 8.45. The van der Waals surface area contributed by atoms with Gasteiger partial charge in [-0.05, 0) is 49.1 Å². The van der Waals surface area contributed by atoms with Crippen LogP contribution >= 0.6 is 0 Å². The fourth-order valence-corrected chi connectivity index (χ4v) is 3.12. The first-order valence-corrected chi connectivity index (χ1v) is 9.27. The molecule has 2 aromatic rings. The summed E-state index contributed by atoms with van der Waals surface area (Å²) >= 11 is 0. The van der Waals surface area contributed by atoms with E-state index in [1.54, 1.807) is 22.8 Å². The van der Waals surface area contributed by atoms with Crippen molar-refractivity contribution in [3.8, 4) is 23.8 Å². The van der Waals surface area contributed by atoms with Gasteiger partial charge in [0.05, 0.1) is 43.3 Å². The minimum absolute atomic E-state index is 0.0562. The summed E-state index contributed by atoms with van der Waals surface area (Å²) in [4.78, 5) is 4.55. The highest BCUT2D eigenvalue weighted by Crippen LogP contribution is 2.29. The maximum atomic E-state index is 9.11. The van der Waals surface area contributed by atoms with Crippen LogP contribution in [0.2, 0.25) is 0 Å². The first-order valence-electron chi connectivity index (χ1n) is 9.27. The van der Waals surface area contributed by atoms with Crippen molar-refractivity contribution in [1.29, 1.82) is 10.5 Å². The van der Waals surface area contributed by atoms with E-state index in [0.29, 0.717) is 41.9 Å². The molecule has 3 N–H and O–H groups in total. The lowest BCUT2D eigenvalue weighted by Crippen LogP contribution is -2.37. The molecule has 1 heterocycles. The number of nitrogens with one attached hydrogen (secondary N) is 1. The Labute approximate surface area is 170 Å². The lowest BCUT2D eigenvalue weighted by molar-refractivity contribution is -0.645. The van der Waals surface area contributed by atoms with E-state index in [4.69, 9.17) is 21.0 Å². The van der Waals surface area contributed by atoms with E-state index in [-0.39, 0.29) is 5.92 Å². The van der Waals surface area contributed by atoms with E-state index in [9.17, 15) is 0 Å². The van der Waals surface area contributed by atoms with Crippen LogP contribution in [0.5, 0.6) is 11.6 Å². The summed E-state index contributed by atoms with van der Waals surface area (Å²) in [7, 11) is 1.82. The molecule has 0 bridgehead atoms. The van der Waals surface area contributed by atoms with Crippen molar-refractivity contribution in [1.82, 2.24) is 4.98 Å². The third kappa shape index (κ3) is 4.53. The molecule has 0 saturated carbocycles. The largest absolute Gasteiger partial charge is 0.429 e. The predicted molar refractivity (Wildman–Crippen MR) is 110 cm³/mol. The molecule has 0 amide bonds. The normalized spacial score (nSPS) is 15.2. The van der Waals surface area contributed by atoms with Gasteiger partial charge in [-0.3, -0.25) is 5.32 Å². The number of aromatic nitrogens is 2. The molecule has 3 rings (SSSR count). The second-order valence-corrected chi connectivity index (χ2v) is 7.02. The van der Waals surface area contributed by atoms with Gasteiger partial charge in [0, 0.05) is 0 Å². The summed E-state index contributed by atoms with van der Waals surface area (Å²) in [5.74, 6) is 2.05. The van der Waals surface area contributed by atoms with Crippen LogP contribution in [0.4, 0.5) is 11.8 Å². The average Bonchev–Trinajstić information content (AvgIpc) is 2.72. The molecular formula is C22H23N6O+. The van der Waals surface area contributed by atoms with E-state index >= 15 is 0 Å². The van der Waals surface area contributed by atoms with Crippen LogP contribution < -0.4 is 20.4 Å². The molecule has 0 aliphatic heterocycles. The Morgan fingerprint density at radius 3 is 2.59 bits per heavy atom. The number of nitrogen functional groups attached to an aromatic ring is 1. The van der Waals surface area contributed by atoms with Crippen molar-refractivity contribution in [2.75, 3.05) is 17.6 Å². The average molecular weight is 387 g/mol. The first kappa shape index (κ1) is 19.9. The zero-order valence-corrected chi connectivity index (χ0v) is 16.7. The highest BCUT2D eigenvalue weighted by Gasteiger charge is 2.17. The van der Waals surface area contributed by atoms with Crippen molar-refractivity contribution in [3.63, 3.8) is 0 Å². The minimum atomic E-state index is -0.0562. The van der Waals surface area contributed by atoms with Crippen LogP contribution in [-0.2, 0) is 7.05 Å². The molecule has 1 unspecified atom stereocenters. The number of nitriles is 2. The van der Waals surface area contributed by atoms with Gasteiger partial charge in [0.25, 0.3) is 5.88 Å². The fraction of sp³-hybridized carbons (Fsp3) is 0.273. The minimum Gasteiger partial charge on any atom is -0.429 e. The monoisotopic (exact) mass is 387 g/mol. The zero-order chi connectivity index (χ0) is 21.0. The SMILES string of the molecule is Cc1cc(C#N)cc(C)c1Oc1cc(N)[n+](C)c(NCC2=CCC(C#N)C=C2)n1. The molecule has 0 fully saturated rings. The summed E-state index contributed by atoms with van der Waals surface area (Å²) in [6.07, 6.45) is 6.63. The molecule has 7 heteroatoms. The van der Waals surface area contributed by atoms with Crippen LogP contribution in [-0.4, -0.2) is 11.5 Å². The lowest BCUT2D eigenvalue weighted by atomic mass is 9.98. The van der Waals surface area contributed by atoms with E-state index < -0.39 is 0 Å². The van der Waals surface area contributed by atoms with Gasteiger partial charge < -0.3 is 10.5 Å². The second-order valence-electron chi connectivity index (χ2n) is 7.02. The number of rotatable bonds is 5. The van der Waals surface area contributed by atoms with Crippen molar-refractivity contribution in [3.05, 3.63) is 58.7 Å². The summed E-state index contributed by atoms with van der Waals surface area (Å²) < 4.78 is 7.76. The quantitative estimate of drug-likeness (QED) is 0.762. The number of benzene rings is 1. The third-order valence-electron chi connectivity index (χ3n) is 4.78. The Bertz CT molecular complexity index is 1060. The lowest BCUT2D eigenvalue weighted by Gasteiger charge is -2.13. The molecule has 146 valence electrons. The molecule has 0 saturated heterocycles. The highest BCUT2D eigenvalue weighted by atomic mass is 16.5. The molecule has 1 aromatic heterocycles. The number of anilines is 2. The van der Waals surface area contributed by atoms with Crippen LogP contribution in [0.3, 0.4) is 0 Å². The Morgan fingerprint density at radius 1 is 1.28 bits per heavy atom. The van der Waals surface area contributed by atoms with Crippen LogP contribution in [0, 0.1) is 42.4 Å². The standard InChI is InChI=1S/C22H22N6O/c1-14-8-18(12-24)9-15(2)21(14)29-20-10-19(25)28(3)22(27-20)26-13-17-6-4-16(11-23)5-7-17/h4,6-10,16H,5,13H2,1-3H3,(H2,25,26,27)/p+1. The zero-order valence-electron chi connectivity index (χ0n) is 16.7. The number of allylic oxidation sites excluding steroid dienone is 2. The van der Waals surface area contributed by atoms with Gasteiger partial charge in [-0.2, -0.15) is 10.5 Å². The Balaban J connectivity index is 1.80. The molecule has 1 aliphatic rings. The Kier molecular flexibility index (Phi) is 5.80.